The fraction of sp³-hybridized carbons (Fsp3) is 0.429. The van der Waals surface area contributed by atoms with Gasteiger partial charge in [0.1, 0.15) is 11.9 Å². The molecule has 7 heteroatoms. The SMILES string of the molecule is CC(=O)NCC1CN(c2ccc(C(CN)C3=CC=CCCC3)c(O)c2)C(=O)O1. The maximum absolute atomic E-state index is 12.2. The second-order valence-corrected chi connectivity index (χ2v) is 7.15. The Bertz CT molecular complexity index is 803. The van der Waals surface area contributed by atoms with E-state index in [4.69, 9.17) is 10.5 Å². The number of carbonyl (C=O) groups excluding carboxylic acids is 2. The van der Waals surface area contributed by atoms with Gasteiger partial charge < -0.3 is 20.9 Å². The van der Waals surface area contributed by atoms with Crippen molar-refractivity contribution in [2.24, 2.45) is 5.73 Å². The lowest BCUT2D eigenvalue weighted by molar-refractivity contribution is -0.119. The van der Waals surface area contributed by atoms with Gasteiger partial charge in [-0.1, -0.05) is 29.9 Å². The van der Waals surface area contributed by atoms with E-state index in [2.05, 4.69) is 17.5 Å². The molecule has 0 bridgehead atoms. The Morgan fingerprint density at radius 1 is 1.46 bits per heavy atom. The Hall–Kier alpha value is -2.80. The van der Waals surface area contributed by atoms with Crippen molar-refractivity contribution in [3.05, 3.63) is 47.6 Å². The van der Waals surface area contributed by atoms with Crippen molar-refractivity contribution in [2.45, 2.75) is 38.2 Å². The van der Waals surface area contributed by atoms with Gasteiger partial charge in [0.25, 0.3) is 0 Å². The van der Waals surface area contributed by atoms with E-state index in [1.165, 1.54) is 17.4 Å². The van der Waals surface area contributed by atoms with Gasteiger partial charge in [0.15, 0.2) is 0 Å². The van der Waals surface area contributed by atoms with Crippen LogP contribution in [-0.2, 0) is 9.53 Å². The number of nitrogens with two attached hydrogens (primary N) is 1. The lowest BCUT2D eigenvalue weighted by Crippen LogP contribution is -2.33. The summed E-state index contributed by atoms with van der Waals surface area (Å²) in [6.45, 7) is 2.39. The summed E-state index contributed by atoms with van der Waals surface area (Å²) in [5.41, 5.74) is 8.54. The number of rotatable bonds is 6. The van der Waals surface area contributed by atoms with Crippen molar-refractivity contribution >= 4 is 17.7 Å². The molecule has 0 aromatic heterocycles. The summed E-state index contributed by atoms with van der Waals surface area (Å²) in [6, 6.07) is 5.20. The molecule has 2 unspecified atom stereocenters. The largest absolute Gasteiger partial charge is 0.508 e. The number of cyclic esters (lactones) is 1. The number of hydrogen-bond donors (Lipinski definition) is 3. The molecular formula is C21H27N3O4. The Morgan fingerprint density at radius 2 is 2.29 bits per heavy atom. The standard InChI is InChI=1S/C21H27N3O4/c1-14(25)23-12-17-13-24(21(27)28-17)16-8-9-18(20(26)10-16)19(11-22)15-6-4-2-3-5-7-15/h2,4,6,8-10,17,19,26H,3,5,7,11-13,22H2,1H3,(H,23,25). The third kappa shape index (κ3) is 4.54. The lowest BCUT2D eigenvalue weighted by atomic mass is 9.87. The fourth-order valence-corrected chi connectivity index (χ4v) is 3.65. The molecule has 28 heavy (non-hydrogen) atoms. The summed E-state index contributed by atoms with van der Waals surface area (Å²) < 4.78 is 5.28. The van der Waals surface area contributed by atoms with Crippen molar-refractivity contribution in [2.75, 3.05) is 24.5 Å². The number of allylic oxidation sites excluding steroid dienone is 3. The van der Waals surface area contributed by atoms with Crippen molar-refractivity contribution in [1.29, 1.82) is 0 Å². The van der Waals surface area contributed by atoms with Gasteiger partial charge >= 0.3 is 6.09 Å². The molecule has 0 saturated carbocycles. The number of amides is 2. The summed E-state index contributed by atoms with van der Waals surface area (Å²) in [5.74, 6) is -0.123. The first-order valence-corrected chi connectivity index (χ1v) is 9.60. The van der Waals surface area contributed by atoms with Crippen molar-refractivity contribution in [1.82, 2.24) is 5.32 Å². The van der Waals surface area contributed by atoms with Crippen LogP contribution in [0.4, 0.5) is 10.5 Å². The first-order valence-electron chi connectivity index (χ1n) is 9.60. The quantitative estimate of drug-likeness (QED) is 0.698. The van der Waals surface area contributed by atoms with Crippen molar-refractivity contribution in [3.8, 4) is 5.75 Å². The van der Waals surface area contributed by atoms with Crippen LogP contribution in [0.15, 0.2) is 42.0 Å². The monoisotopic (exact) mass is 385 g/mol. The zero-order valence-electron chi connectivity index (χ0n) is 16.1. The van der Waals surface area contributed by atoms with Crippen LogP contribution in [0.25, 0.3) is 0 Å². The number of ether oxygens (including phenoxy) is 1. The van der Waals surface area contributed by atoms with E-state index >= 15 is 0 Å². The highest BCUT2D eigenvalue weighted by Crippen LogP contribution is 2.36. The average molecular weight is 385 g/mol. The summed E-state index contributed by atoms with van der Waals surface area (Å²) in [4.78, 5) is 24.7. The number of benzene rings is 1. The minimum atomic E-state index is -0.491. The molecule has 2 aliphatic rings. The number of phenolic OH excluding ortho intramolecular Hbond substituents is 1. The molecule has 1 aromatic rings. The predicted molar refractivity (Wildman–Crippen MR) is 107 cm³/mol. The van der Waals surface area contributed by atoms with Crippen LogP contribution in [0.5, 0.6) is 5.75 Å². The number of anilines is 1. The van der Waals surface area contributed by atoms with Gasteiger partial charge in [-0.3, -0.25) is 9.69 Å². The Kier molecular flexibility index (Phi) is 6.36. The number of nitrogens with zero attached hydrogens (tertiary/aromatic N) is 1. The fourth-order valence-electron chi connectivity index (χ4n) is 3.65. The minimum absolute atomic E-state index is 0.0603. The van der Waals surface area contributed by atoms with E-state index in [1.54, 1.807) is 12.1 Å². The Balaban J connectivity index is 1.76. The molecule has 0 spiro atoms. The van der Waals surface area contributed by atoms with E-state index < -0.39 is 12.2 Å². The van der Waals surface area contributed by atoms with Crippen molar-refractivity contribution < 1.29 is 19.4 Å². The number of hydrogen-bond acceptors (Lipinski definition) is 5. The highest BCUT2D eigenvalue weighted by atomic mass is 16.6. The second kappa shape index (κ2) is 8.93. The van der Waals surface area contributed by atoms with Crippen LogP contribution >= 0.6 is 0 Å². The molecule has 150 valence electrons. The highest BCUT2D eigenvalue weighted by Gasteiger charge is 2.33. The van der Waals surface area contributed by atoms with Crippen LogP contribution < -0.4 is 16.0 Å². The van der Waals surface area contributed by atoms with E-state index in [9.17, 15) is 14.7 Å². The summed E-state index contributed by atoms with van der Waals surface area (Å²) in [5, 5.41) is 13.3. The van der Waals surface area contributed by atoms with E-state index in [0.717, 1.165) is 24.8 Å². The van der Waals surface area contributed by atoms with Gasteiger partial charge in [-0.25, -0.2) is 4.79 Å². The van der Waals surface area contributed by atoms with Crippen LogP contribution in [0.2, 0.25) is 0 Å². The molecule has 1 fully saturated rings. The lowest BCUT2D eigenvalue weighted by Gasteiger charge is -2.21. The van der Waals surface area contributed by atoms with Gasteiger partial charge in [0.2, 0.25) is 5.91 Å². The predicted octanol–water partition coefficient (Wildman–Crippen LogP) is 2.56. The molecule has 0 radical (unpaired) electrons. The van der Waals surface area contributed by atoms with Crippen LogP contribution in [0.1, 0.15) is 37.7 Å². The maximum Gasteiger partial charge on any atom is 0.414 e. The normalized spacial score (nSPS) is 20.4. The average Bonchev–Trinajstić information content (AvgIpc) is 2.86. The molecule has 2 atom stereocenters. The number of aromatic hydroxyl groups is 1. The zero-order chi connectivity index (χ0) is 20.1. The van der Waals surface area contributed by atoms with Crippen LogP contribution in [-0.4, -0.2) is 42.8 Å². The number of nitrogens with one attached hydrogen (secondary N) is 1. The van der Waals surface area contributed by atoms with Crippen molar-refractivity contribution in [3.63, 3.8) is 0 Å². The number of phenols is 1. The molecule has 1 aliphatic carbocycles. The Morgan fingerprint density at radius 3 is 3.00 bits per heavy atom. The minimum Gasteiger partial charge on any atom is -0.508 e. The van der Waals surface area contributed by atoms with Gasteiger partial charge in [-0.15, -0.1) is 0 Å². The van der Waals surface area contributed by atoms with E-state index in [-0.39, 0.29) is 24.1 Å². The third-order valence-corrected chi connectivity index (χ3v) is 5.12. The van der Waals surface area contributed by atoms with Gasteiger partial charge in [-0.05, 0) is 25.3 Å². The first-order chi connectivity index (χ1) is 13.5. The van der Waals surface area contributed by atoms with Crippen LogP contribution in [0.3, 0.4) is 0 Å². The smallest absolute Gasteiger partial charge is 0.414 e. The molecule has 3 rings (SSSR count). The first kappa shape index (κ1) is 19.9. The topological polar surface area (TPSA) is 105 Å². The Labute approximate surface area is 164 Å². The maximum atomic E-state index is 12.2. The summed E-state index contributed by atoms with van der Waals surface area (Å²) in [7, 11) is 0. The van der Waals surface area contributed by atoms with E-state index in [1.807, 2.05) is 12.1 Å². The summed E-state index contributed by atoms with van der Waals surface area (Å²) in [6.07, 6.45) is 8.41. The molecule has 2 amide bonds. The van der Waals surface area contributed by atoms with Gasteiger partial charge in [0.05, 0.1) is 18.8 Å². The molecule has 1 aromatic carbocycles. The number of carbonyl (C=O) groups is 2. The molecule has 7 nitrogen and oxygen atoms in total. The molecule has 1 saturated heterocycles. The molecule has 1 aliphatic heterocycles. The molecule has 1 heterocycles. The van der Waals surface area contributed by atoms with Crippen LogP contribution in [0, 0.1) is 0 Å². The second-order valence-electron chi connectivity index (χ2n) is 7.15. The third-order valence-electron chi connectivity index (χ3n) is 5.12. The molecule has 4 N–H and O–H groups in total. The summed E-state index contributed by atoms with van der Waals surface area (Å²) >= 11 is 0. The van der Waals surface area contributed by atoms with Gasteiger partial charge in [-0.2, -0.15) is 0 Å². The molecular weight excluding hydrogens is 358 g/mol. The zero-order valence-corrected chi connectivity index (χ0v) is 16.1. The van der Waals surface area contributed by atoms with Gasteiger partial charge in [0, 0.05) is 31.0 Å². The highest BCUT2D eigenvalue weighted by molar-refractivity contribution is 5.90. The van der Waals surface area contributed by atoms with E-state index in [0.29, 0.717) is 18.8 Å².